The van der Waals surface area contributed by atoms with Gasteiger partial charge < -0.3 is 15.7 Å². The molecule has 2 aromatic carbocycles. The van der Waals surface area contributed by atoms with Crippen LogP contribution in [0.1, 0.15) is 24.2 Å². The molecule has 0 heterocycles. The Morgan fingerprint density at radius 2 is 1.61 bits per heavy atom. The van der Waals surface area contributed by atoms with E-state index in [1.165, 1.54) is 24.3 Å². The molecule has 0 saturated carbocycles. The number of hydrogen-bond donors (Lipinski definition) is 3. The van der Waals surface area contributed by atoms with Crippen LogP contribution in [0.3, 0.4) is 0 Å². The van der Waals surface area contributed by atoms with Crippen LogP contribution in [0.5, 0.6) is 0 Å². The minimum atomic E-state index is -5.23. The maximum Gasteiger partial charge on any atom is 0.426 e. The van der Waals surface area contributed by atoms with Crippen LogP contribution in [-0.4, -0.2) is 43.7 Å². The summed E-state index contributed by atoms with van der Waals surface area (Å²) in [4.78, 5) is 23.1. The Bertz CT molecular complexity index is 1100. The number of carbonyl (C=O) groups excluding carboxylic acids is 2. The van der Waals surface area contributed by atoms with Crippen LogP contribution >= 0.6 is 11.6 Å². The van der Waals surface area contributed by atoms with Crippen LogP contribution in [0, 0.1) is 0 Å². The van der Waals surface area contributed by atoms with E-state index in [-0.39, 0.29) is 38.9 Å². The number of hydrogen-bond acceptors (Lipinski definition) is 5. The molecule has 0 aliphatic heterocycles. The van der Waals surface area contributed by atoms with Gasteiger partial charge in [-0.05, 0) is 56.3 Å². The van der Waals surface area contributed by atoms with Gasteiger partial charge in [0.25, 0.3) is 11.8 Å². The highest BCUT2D eigenvalue weighted by Gasteiger charge is 2.55. The molecular weight excluding hydrogens is 461 g/mol. The molecule has 12 heteroatoms. The number of aliphatic hydroxyl groups is 1. The number of halogens is 4. The second-order valence-corrected chi connectivity index (χ2v) is 8.91. The number of benzene rings is 2. The molecule has 0 spiro atoms. The highest BCUT2D eigenvalue weighted by atomic mass is 35.5. The molecule has 2 rings (SSSR count). The van der Waals surface area contributed by atoms with E-state index in [1.807, 2.05) is 5.32 Å². The van der Waals surface area contributed by atoms with Crippen molar-refractivity contribution in [3.8, 4) is 0 Å². The summed E-state index contributed by atoms with van der Waals surface area (Å²) in [6.45, 7) is 2.41. The number of carbonyl (C=O) groups is 2. The maximum absolute atomic E-state index is 12.8. The summed E-state index contributed by atoms with van der Waals surface area (Å²) >= 11 is 5.94. The van der Waals surface area contributed by atoms with Crippen molar-refractivity contribution in [1.29, 1.82) is 0 Å². The molecule has 0 aromatic heterocycles. The van der Waals surface area contributed by atoms with E-state index in [1.54, 1.807) is 6.92 Å². The standard InChI is InChI=1S/C19H18ClF3N2O5S/c1-3-24-16(26)11-4-6-12(7-5-11)31(29,30)13-8-9-15(14(20)10-13)25-17(27)18(2,28)19(21,22)23/h4-10,28H,3H2,1-2H3,(H,24,26)(H,25,27). The lowest BCUT2D eigenvalue weighted by molar-refractivity contribution is -0.242. The number of anilines is 1. The summed E-state index contributed by atoms with van der Waals surface area (Å²) in [7, 11) is -4.07. The SMILES string of the molecule is CCNC(=O)c1ccc(S(=O)(=O)c2ccc(NC(=O)C(C)(O)C(F)(F)F)c(Cl)c2)cc1. The average molecular weight is 479 g/mol. The lowest BCUT2D eigenvalue weighted by atomic mass is 10.1. The van der Waals surface area contributed by atoms with Crippen LogP contribution < -0.4 is 10.6 Å². The van der Waals surface area contributed by atoms with E-state index in [0.29, 0.717) is 6.54 Å². The van der Waals surface area contributed by atoms with E-state index in [4.69, 9.17) is 11.6 Å². The molecule has 168 valence electrons. The van der Waals surface area contributed by atoms with Crippen molar-refractivity contribution >= 4 is 38.9 Å². The Morgan fingerprint density at radius 1 is 1.06 bits per heavy atom. The van der Waals surface area contributed by atoms with E-state index < -0.39 is 27.5 Å². The predicted octanol–water partition coefficient (Wildman–Crippen LogP) is 3.17. The van der Waals surface area contributed by atoms with Crippen molar-refractivity contribution in [2.45, 2.75) is 35.4 Å². The fourth-order valence-electron chi connectivity index (χ4n) is 2.32. The summed E-state index contributed by atoms with van der Waals surface area (Å²) < 4.78 is 63.9. The summed E-state index contributed by atoms with van der Waals surface area (Å²) in [5.41, 5.74) is -3.73. The van der Waals surface area contributed by atoms with Crippen molar-refractivity contribution in [2.75, 3.05) is 11.9 Å². The molecule has 1 unspecified atom stereocenters. The van der Waals surface area contributed by atoms with Crippen LogP contribution in [0.4, 0.5) is 18.9 Å². The Labute approximate surface area is 181 Å². The maximum atomic E-state index is 12.8. The van der Waals surface area contributed by atoms with Crippen molar-refractivity contribution < 1.29 is 36.3 Å². The number of alkyl halides is 3. The topological polar surface area (TPSA) is 113 Å². The summed E-state index contributed by atoms with van der Waals surface area (Å²) in [6.07, 6.45) is -5.23. The number of amides is 2. The fraction of sp³-hybridized carbons (Fsp3) is 0.263. The van der Waals surface area contributed by atoms with Gasteiger partial charge >= 0.3 is 6.18 Å². The average Bonchev–Trinajstić information content (AvgIpc) is 2.68. The van der Waals surface area contributed by atoms with Crippen molar-refractivity contribution in [3.63, 3.8) is 0 Å². The number of sulfone groups is 1. The van der Waals surface area contributed by atoms with Gasteiger partial charge in [0.15, 0.2) is 0 Å². The molecule has 0 saturated heterocycles. The second-order valence-electron chi connectivity index (χ2n) is 6.55. The lowest BCUT2D eigenvalue weighted by Crippen LogP contribution is -2.52. The Kier molecular flexibility index (Phi) is 7.03. The zero-order valence-electron chi connectivity index (χ0n) is 16.2. The minimum absolute atomic E-state index is 0.145. The molecule has 0 aliphatic rings. The summed E-state index contributed by atoms with van der Waals surface area (Å²) in [6, 6.07) is 8.10. The molecule has 3 N–H and O–H groups in total. The first kappa shape index (κ1) is 24.6. The molecule has 0 radical (unpaired) electrons. The zero-order valence-corrected chi connectivity index (χ0v) is 17.8. The van der Waals surface area contributed by atoms with Gasteiger partial charge in [-0.25, -0.2) is 8.42 Å². The van der Waals surface area contributed by atoms with Gasteiger partial charge in [-0.3, -0.25) is 9.59 Å². The van der Waals surface area contributed by atoms with Gasteiger partial charge in [0.1, 0.15) is 0 Å². The van der Waals surface area contributed by atoms with Gasteiger partial charge in [-0.2, -0.15) is 13.2 Å². The smallest absolute Gasteiger partial charge is 0.373 e. The summed E-state index contributed by atoms with van der Waals surface area (Å²) in [5.74, 6) is -2.15. The molecule has 2 aromatic rings. The Balaban J connectivity index is 2.29. The molecule has 0 bridgehead atoms. The first-order valence-corrected chi connectivity index (χ1v) is 10.6. The largest absolute Gasteiger partial charge is 0.426 e. The molecular formula is C19H18ClF3N2O5S. The Morgan fingerprint density at radius 3 is 2.10 bits per heavy atom. The third-order valence-electron chi connectivity index (χ3n) is 4.26. The van der Waals surface area contributed by atoms with Gasteiger partial charge in [0.05, 0.1) is 20.5 Å². The van der Waals surface area contributed by atoms with Crippen LogP contribution in [0.2, 0.25) is 5.02 Å². The van der Waals surface area contributed by atoms with Crippen molar-refractivity contribution in [3.05, 3.63) is 53.1 Å². The van der Waals surface area contributed by atoms with Gasteiger partial charge in [0.2, 0.25) is 15.4 Å². The zero-order chi connectivity index (χ0) is 23.6. The third-order valence-corrected chi connectivity index (χ3v) is 6.34. The molecule has 0 fully saturated rings. The van der Waals surface area contributed by atoms with Crippen molar-refractivity contribution in [2.24, 2.45) is 0 Å². The van der Waals surface area contributed by atoms with E-state index in [0.717, 1.165) is 18.2 Å². The highest BCUT2D eigenvalue weighted by molar-refractivity contribution is 7.91. The third kappa shape index (κ3) is 5.17. The first-order valence-electron chi connectivity index (χ1n) is 8.75. The molecule has 7 nitrogen and oxygen atoms in total. The highest BCUT2D eigenvalue weighted by Crippen LogP contribution is 2.33. The second kappa shape index (κ2) is 8.85. The van der Waals surface area contributed by atoms with E-state index in [9.17, 15) is 36.3 Å². The van der Waals surface area contributed by atoms with Crippen LogP contribution in [0.25, 0.3) is 0 Å². The van der Waals surface area contributed by atoms with Crippen LogP contribution in [0.15, 0.2) is 52.3 Å². The molecule has 1 atom stereocenters. The van der Waals surface area contributed by atoms with E-state index >= 15 is 0 Å². The predicted molar refractivity (Wildman–Crippen MR) is 107 cm³/mol. The fourth-order valence-corrected chi connectivity index (χ4v) is 3.90. The summed E-state index contributed by atoms with van der Waals surface area (Å²) in [5, 5.41) is 13.4. The van der Waals surface area contributed by atoms with Gasteiger partial charge in [0, 0.05) is 12.1 Å². The molecule has 0 aliphatic carbocycles. The quantitative estimate of drug-likeness (QED) is 0.590. The monoisotopic (exact) mass is 478 g/mol. The lowest BCUT2D eigenvalue weighted by Gasteiger charge is -2.25. The molecule has 2 amide bonds. The van der Waals surface area contributed by atoms with Crippen molar-refractivity contribution in [1.82, 2.24) is 5.32 Å². The van der Waals surface area contributed by atoms with Gasteiger partial charge in [-0.15, -0.1) is 0 Å². The van der Waals surface area contributed by atoms with Gasteiger partial charge in [-0.1, -0.05) is 11.6 Å². The normalized spacial score (nSPS) is 13.9. The first-order chi connectivity index (χ1) is 14.2. The van der Waals surface area contributed by atoms with Crippen LogP contribution in [-0.2, 0) is 14.6 Å². The molecule has 31 heavy (non-hydrogen) atoms. The minimum Gasteiger partial charge on any atom is -0.373 e. The Hall–Kier alpha value is -2.63. The number of nitrogens with one attached hydrogen (secondary N) is 2. The van der Waals surface area contributed by atoms with E-state index in [2.05, 4.69) is 5.32 Å². The number of rotatable bonds is 6.